The van der Waals surface area contributed by atoms with E-state index in [1.165, 1.54) is 98.4 Å². The summed E-state index contributed by atoms with van der Waals surface area (Å²) in [5, 5.41) is 10.8. The summed E-state index contributed by atoms with van der Waals surface area (Å²) in [5.74, 6) is 0.798. The van der Waals surface area contributed by atoms with Gasteiger partial charge >= 0.3 is 0 Å². The van der Waals surface area contributed by atoms with Crippen LogP contribution in [-0.4, -0.2) is 21.8 Å². The smallest absolute Gasteiger partial charge is 0.156 e. The van der Waals surface area contributed by atoms with Gasteiger partial charge in [0.05, 0.1) is 27.6 Å². The molecule has 3 aromatic heterocycles. The van der Waals surface area contributed by atoms with Crippen LogP contribution in [0.2, 0.25) is 5.54 Å². The zero-order chi connectivity index (χ0) is 43.9. The second-order valence-corrected chi connectivity index (χ2v) is 22.5. The first-order valence-electron chi connectivity index (χ1n) is 23.5. The highest BCUT2D eigenvalue weighted by Crippen LogP contribution is 2.44. The Morgan fingerprint density at radius 2 is 0.970 bits per heavy atom. The van der Waals surface area contributed by atoms with Gasteiger partial charge < -0.3 is 13.7 Å². The van der Waals surface area contributed by atoms with Crippen molar-refractivity contribution in [2.24, 2.45) is 11.8 Å². The molecule has 2 aliphatic rings. The molecule has 2 aliphatic carbocycles. The largest absolute Gasteiger partial charge is 0.312 e. The number of hydrogen-bond donors (Lipinski definition) is 0. The fourth-order valence-corrected chi connectivity index (χ4v) is 18.0. The maximum Gasteiger partial charge on any atom is 0.156 e. The van der Waals surface area contributed by atoms with E-state index in [9.17, 15) is 0 Å². The molecule has 3 heterocycles. The molecule has 0 amide bonds. The third kappa shape index (κ3) is 5.61. The number of aromatic nitrogens is 3. The van der Waals surface area contributed by atoms with Crippen molar-refractivity contribution in [3.63, 3.8) is 0 Å². The van der Waals surface area contributed by atoms with Crippen LogP contribution in [0.3, 0.4) is 0 Å². The second-order valence-electron chi connectivity index (χ2n) is 18.5. The molecule has 0 aliphatic heterocycles. The number of hydrogen-bond acceptors (Lipinski definition) is 0. The molecule has 13 rings (SSSR count). The Bertz CT molecular complexity index is 3760. The van der Waals surface area contributed by atoms with Crippen LogP contribution in [0.25, 0.3) is 77.7 Å². The predicted octanol–water partition coefficient (Wildman–Crippen LogP) is 13.6. The van der Waals surface area contributed by atoms with Gasteiger partial charge in [0.2, 0.25) is 0 Å². The van der Waals surface area contributed by atoms with Crippen LogP contribution in [0.5, 0.6) is 0 Å². The number of nitrogens with zero attached hydrogens (tertiary/aromatic N) is 3. The van der Waals surface area contributed by atoms with Crippen molar-refractivity contribution in [1.82, 2.24) is 13.7 Å². The van der Waals surface area contributed by atoms with Crippen LogP contribution in [0.4, 0.5) is 0 Å². The fraction of sp³-hybridized carbons (Fsp3) is 0.0968. The Hall–Kier alpha value is -7.66. The minimum absolute atomic E-state index is 0.260. The summed E-state index contributed by atoms with van der Waals surface area (Å²) in [6.07, 6.45) is 15.3. The minimum atomic E-state index is -2.93. The highest BCUT2D eigenvalue weighted by Gasteiger charge is 2.48. The molecule has 11 aromatic rings. The molecular weight excluding hydrogens is 815 g/mol. The molecule has 4 unspecified atom stereocenters. The zero-order valence-electron chi connectivity index (χ0n) is 37.2. The number of fused-ring (bicyclic) bond motifs is 10. The molecule has 316 valence electrons. The summed E-state index contributed by atoms with van der Waals surface area (Å²) < 4.78 is 7.55. The van der Waals surface area contributed by atoms with E-state index in [1.54, 1.807) is 0 Å². The average Bonchev–Trinajstić information content (AvgIpc) is 4.01. The monoisotopic (exact) mass is 863 g/mol. The van der Waals surface area contributed by atoms with Crippen molar-refractivity contribution < 1.29 is 0 Å². The lowest BCUT2D eigenvalue weighted by Crippen LogP contribution is -2.70. The van der Waals surface area contributed by atoms with Gasteiger partial charge in [0, 0.05) is 55.3 Å². The maximum absolute atomic E-state index is 2.93. The number of rotatable bonds is 7. The van der Waals surface area contributed by atoms with Gasteiger partial charge in [-0.3, -0.25) is 0 Å². The first-order chi connectivity index (χ1) is 32.6. The Balaban J connectivity index is 1.09. The van der Waals surface area contributed by atoms with E-state index >= 15 is 0 Å². The normalized spacial score (nSPS) is 17.9. The van der Waals surface area contributed by atoms with Crippen LogP contribution in [0, 0.1) is 11.8 Å². The van der Waals surface area contributed by atoms with E-state index in [2.05, 4.69) is 258 Å². The van der Waals surface area contributed by atoms with Crippen LogP contribution in [-0.2, 0) is 6.42 Å². The van der Waals surface area contributed by atoms with Gasteiger partial charge in [-0.25, -0.2) is 0 Å². The summed E-state index contributed by atoms with van der Waals surface area (Å²) in [7, 11) is -2.93. The summed E-state index contributed by atoms with van der Waals surface area (Å²) in [6.45, 7) is 4.76. The number of allylic oxidation sites excluding steroid dienone is 5. The van der Waals surface area contributed by atoms with E-state index in [4.69, 9.17) is 0 Å². The quantitative estimate of drug-likeness (QED) is 0.112. The Morgan fingerprint density at radius 3 is 1.65 bits per heavy atom. The molecule has 0 fully saturated rings. The van der Waals surface area contributed by atoms with Crippen molar-refractivity contribution in [1.29, 1.82) is 0 Å². The van der Waals surface area contributed by atoms with Gasteiger partial charge in [0.1, 0.15) is 0 Å². The summed E-state index contributed by atoms with van der Waals surface area (Å²) >= 11 is 0. The van der Waals surface area contributed by atoms with Gasteiger partial charge in [-0.05, 0) is 100 Å². The molecule has 8 aromatic carbocycles. The highest BCUT2D eigenvalue weighted by molar-refractivity contribution is 7.14. The van der Waals surface area contributed by atoms with Crippen molar-refractivity contribution in [3.05, 3.63) is 236 Å². The first-order valence-corrected chi connectivity index (χ1v) is 25.6. The first kappa shape index (κ1) is 38.8. The van der Waals surface area contributed by atoms with Gasteiger partial charge in [0.25, 0.3) is 0 Å². The van der Waals surface area contributed by atoms with E-state index in [0.717, 1.165) is 6.42 Å². The van der Waals surface area contributed by atoms with Crippen molar-refractivity contribution in [2.75, 3.05) is 0 Å². The van der Waals surface area contributed by atoms with Crippen molar-refractivity contribution in [3.8, 4) is 17.1 Å². The van der Waals surface area contributed by atoms with Crippen LogP contribution >= 0.6 is 0 Å². The highest BCUT2D eigenvalue weighted by atomic mass is 28.3. The fourth-order valence-electron chi connectivity index (χ4n) is 12.1. The Morgan fingerprint density at radius 1 is 0.424 bits per heavy atom. The SMILES string of the molecule is CC1C=Cc2c(n(-c3ccccc3)c3c2ccc2c3c3ccccc3n2-c2ccc([Si](c3ccccc3)(c3cccc4c3c3ccccc3n4-c3ccccc3)C3C=CC=CC3C)cc2)C1. The summed E-state index contributed by atoms with van der Waals surface area (Å²) in [5.41, 5.74) is 12.8. The Kier molecular flexibility index (Phi) is 8.94. The lowest BCUT2D eigenvalue weighted by atomic mass is 9.94. The van der Waals surface area contributed by atoms with Gasteiger partial charge in [-0.1, -0.05) is 184 Å². The molecule has 0 radical (unpaired) electrons. The molecular formula is C62H49N3Si. The third-order valence-corrected chi connectivity index (χ3v) is 20.4. The summed E-state index contributed by atoms with van der Waals surface area (Å²) in [6, 6.07) is 73.2. The minimum Gasteiger partial charge on any atom is -0.312 e. The van der Waals surface area contributed by atoms with E-state index in [1.807, 2.05) is 0 Å². The van der Waals surface area contributed by atoms with Gasteiger partial charge in [0.15, 0.2) is 8.07 Å². The lowest BCUT2D eigenvalue weighted by molar-refractivity contribution is 0.691. The van der Waals surface area contributed by atoms with E-state index in [0.29, 0.717) is 11.8 Å². The molecule has 66 heavy (non-hydrogen) atoms. The topological polar surface area (TPSA) is 14.8 Å². The molecule has 0 saturated carbocycles. The van der Waals surface area contributed by atoms with Crippen molar-refractivity contribution in [2.45, 2.75) is 25.8 Å². The van der Waals surface area contributed by atoms with Crippen LogP contribution in [0.15, 0.2) is 225 Å². The average molecular weight is 864 g/mol. The number of benzene rings is 8. The third-order valence-electron chi connectivity index (χ3n) is 14.9. The van der Waals surface area contributed by atoms with Crippen LogP contribution < -0.4 is 15.6 Å². The molecule has 3 nitrogen and oxygen atoms in total. The van der Waals surface area contributed by atoms with Crippen LogP contribution in [0.1, 0.15) is 25.1 Å². The summed E-state index contributed by atoms with van der Waals surface area (Å²) in [4.78, 5) is 0. The lowest BCUT2D eigenvalue weighted by Gasteiger charge is -2.43. The zero-order valence-corrected chi connectivity index (χ0v) is 38.2. The standard InChI is InChI=1S/C62H49N3Si/c1-42-33-38-49-50-39-40-56-61(62(50)65(57(49)41-42)45-22-8-4-9-23-45)52-27-14-16-29-54(52)64(56)46-34-36-48(37-35-46)66(47-24-10-5-11-25-47,58-31-17-12-19-43(58)2)59-32-18-30-55-60(59)51-26-13-15-28-53(51)63(55)44-20-6-3-7-21-44/h3-40,42-43,58H,41H2,1-2H3. The van der Waals surface area contributed by atoms with Crippen molar-refractivity contribution >= 4 is 84.2 Å². The van der Waals surface area contributed by atoms with E-state index < -0.39 is 8.07 Å². The number of para-hydroxylation sites is 4. The molecule has 0 saturated heterocycles. The molecule has 0 bridgehead atoms. The molecule has 0 spiro atoms. The molecule has 4 atom stereocenters. The predicted molar refractivity (Wildman–Crippen MR) is 283 cm³/mol. The van der Waals surface area contributed by atoms with E-state index in [-0.39, 0.29) is 5.54 Å². The molecule has 0 N–H and O–H groups in total. The molecule has 4 heteroatoms. The van der Waals surface area contributed by atoms with Gasteiger partial charge in [-0.15, -0.1) is 0 Å². The second kappa shape index (κ2) is 15.2. The van der Waals surface area contributed by atoms with Gasteiger partial charge in [-0.2, -0.15) is 0 Å². The maximum atomic E-state index is 2.56. The Labute approximate surface area is 386 Å².